The number of fused-ring (bicyclic) bond motifs is 7. The summed E-state index contributed by atoms with van der Waals surface area (Å²) in [4.78, 5) is 0. The molecular formula is C46H76O20. The van der Waals surface area contributed by atoms with Crippen LogP contribution in [0.3, 0.4) is 0 Å². The fourth-order valence-electron chi connectivity index (χ4n) is 14.3. The summed E-state index contributed by atoms with van der Waals surface area (Å²) in [5.74, 6) is 0.0376. The number of ether oxygens (including phenoxy) is 8. The van der Waals surface area contributed by atoms with Crippen molar-refractivity contribution in [2.24, 2.45) is 46.3 Å². The van der Waals surface area contributed by atoms with E-state index in [0.717, 1.165) is 25.7 Å². The van der Waals surface area contributed by atoms with Gasteiger partial charge in [0.1, 0.15) is 73.2 Å². The van der Waals surface area contributed by atoms with E-state index in [2.05, 4.69) is 27.4 Å². The van der Waals surface area contributed by atoms with Gasteiger partial charge in [-0.15, -0.1) is 0 Å². The molecule has 27 atom stereocenters. The highest BCUT2D eigenvalue weighted by molar-refractivity contribution is 5.18. The van der Waals surface area contributed by atoms with Gasteiger partial charge in [-0.3, -0.25) is 0 Å². The zero-order valence-corrected chi connectivity index (χ0v) is 38.4. The molecule has 8 rings (SSSR count). The van der Waals surface area contributed by atoms with Gasteiger partial charge >= 0.3 is 0 Å². The Bertz CT molecular complexity index is 1660. The second-order valence-corrected chi connectivity index (χ2v) is 21.3. The van der Waals surface area contributed by atoms with Gasteiger partial charge in [-0.1, -0.05) is 32.9 Å². The van der Waals surface area contributed by atoms with Crippen LogP contribution in [0, 0.1) is 46.3 Å². The van der Waals surface area contributed by atoms with E-state index in [1.165, 1.54) is 0 Å². The van der Waals surface area contributed by atoms with Crippen molar-refractivity contribution in [2.75, 3.05) is 33.5 Å². The molecule has 380 valence electrons. The number of rotatable bonds is 14. The molecule has 8 fully saturated rings. The molecule has 8 aliphatic rings. The summed E-state index contributed by atoms with van der Waals surface area (Å²) in [6.07, 6.45) is -17.0. The van der Waals surface area contributed by atoms with Crippen LogP contribution in [0.4, 0.5) is 0 Å². The fraction of sp³-hybridized carbons (Fsp3) is 0.957. The first-order valence-electron chi connectivity index (χ1n) is 24.0. The van der Waals surface area contributed by atoms with Crippen LogP contribution in [-0.2, 0) is 37.9 Å². The summed E-state index contributed by atoms with van der Waals surface area (Å²) >= 11 is 0. The van der Waals surface area contributed by atoms with E-state index in [4.69, 9.17) is 37.9 Å². The Morgan fingerprint density at radius 1 is 0.667 bits per heavy atom. The molecule has 4 saturated carbocycles. The molecule has 0 spiro atoms. The average molecular weight is 949 g/mol. The highest BCUT2D eigenvalue weighted by Crippen LogP contribution is 2.71. The minimum Gasteiger partial charge on any atom is -0.394 e. The number of hydrogen-bond donors (Lipinski definition) is 12. The Labute approximate surface area is 385 Å². The summed E-state index contributed by atoms with van der Waals surface area (Å²) in [5, 5.41) is 126. The lowest BCUT2D eigenvalue weighted by Gasteiger charge is -2.62. The van der Waals surface area contributed by atoms with Gasteiger partial charge < -0.3 is 99.2 Å². The molecule has 20 nitrogen and oxygen atoms in total. The molecule has 4 aliphatic heterocycles. The minimum atomic E-state index is -1.77. The number of aliphatic hydroxyl groups is 12. The maximum absolute atomic E-state index is 12.4. The van der Waals surface area contributed by atoms with E-state index < -0.39 is 129 Å². The molecule has 4 aliphatic carbocycles. The molecule has 12 N–H and O–H groups in total. The van der Waals surface area contributed by atoms with Gasteiger partial charge in [0.25, 0.3) is 0 Å². The van der Waals surface area contributed by atoms with Crippen LogP contribution in [0.5, 0.6) is 0 Å². The van der Waals surface area contributed by atoms with E-state index in [1.54, 1.807) is 7.11 Å². The highest BCUT2D eigenvalue weighted by Gasteiger charge is 2.71. The molecule has 0 aromatic carbocycles. The van der Waals surface area contributed by atoms with E-state index in [1.807, 2.05) is 0 Å². The first kappa shape index (κ1) is 51.3. The summed E-state index contributed by atoms with van der Waals surface area (Å²) in [6, 6.07) is 0. The maximum atomic E-state index is 12.4. The van der Waals surface area contributed by atoms with Gasteiger partial charge in [-0.25, -0.2) is 0 Å². The van der Waals surface area contributed by atoms with Crippen molar-refractivity contribution in [1.29, 1.82) is 0 Å². The third kappa shape index (κ3) is 8.66. The van der Waals surface area contributed by atoms with Crippen molar-refractivity contribution in [3.63, 3.8) is 0 Å². The quantitative estimate of drug-likeness (QED) is 0.0648. The molecule has 0 amide bonds. The van der Waals surface area contributed by atoms with Crippen molar-refractivity contribution in [3.05, 3.63) is 12.2 Å². The Morgan fingerprint density at radius 3 is 1.88 bits per heavy atom. The van der Waals surface area contributed by atoms with Gasteiger partial charge in [-0.05, 0) is 80.5 Å². The van der Waals surface area contributed by atoms with Crippen LogP contribution < -0.4 is 0 Å². The Kier molecular flexibility index (Phi) is 15.4. The minimum absolute atomic E-state index is 0.00972. The second kappa shape index (κ2) is 19.9. The molecule has 20 heteroatoms. The summed E-state index contributed by atoms with van der Waals surface area (Å²) < 4.78 is 48.4. The van der Waals surface area contributed by atoms with Crippen molar-refractivity contribution < 1.29 is 99.2 Å². The molecule has 0 bridgehead atoms. The van der Waals surface area contributed by atoms with Crippen molar-refractivity contribution in [1.82, 2.24) is 0 Å². The molecule has 0 unspecified atom stereocenters. The van der Waals surface area contributed by atoms with Crippen molar-refractivity contribution in [3.8, 4) is 0 Å². The first-order valence-corrected chi connectivity index (χ1v) is 24.0. The lowest BCUT2D eigenvalue weighted by atomic mass is 9.43. The molecule has 4 saturated heterocycles. The third-order valence-corrected chi connectivity index (χ3v) is 18.2. The zero-order valence-electron chi connectivity index (χ0n) is 38.4. The predicted octanol–water partition coefficient (Wildman–Crippen LogP) is -2.23. The molecule has 66 heavy (non-hydrogen) atoms. The zero-order chi connectivity index (χ0) is 47.8. The SMILES string of the molecule is C=C(CC[C@@]1(OC)O[C@H]2C[C@H]3[C@@H]4CC[C@@H]5C[C@@H](O[C@@H]6O[C@H](CO)[C@H](O)[C@H](O)[C@H]6O[C@@H]6O[C@H](CO)[C@@H](O)[C@H](O)[C@H]6O)CC[C@]5(C)[C@H]4C[C@@H](O)[C@]3(C)[C@H]2[C@@H]1C)CO[C@@H]1O[C@H](CO)[C@@H](O)[C@H](O)[C@H]1O. The van der Waals surface area contributed by atoms with E-state index in [-0.39, 0.29) is 53.8 Å². The lowest BCUT2D eigenvalue weighted by Crippen LogP contribution is -2.65. The topological polar surface area (TPSA) is 317 Å². The van der Waals surface area contributed by atoms with Gasteiger partial charge in [0.15, 0.2) is 24.7 Å². The van der Waals surface area contributed by atoms with Crippen molar-refractivity contribution in [2.45, 2.75) is 195 Å². The molecule has 0 aromatic heterocycles. The van der Waals surface area contributed by atoms with Gasteiger partial charge in [0, 0.05) is 30.8 Å². The smallest absolute Gasteiger partial charge is 0.187 e. The summed E-state index contributed by atoms with van der Waals surface area (Å²) in [6.45, 7) is 9.00. The van der Waals surface area contributed by atoms with Crippen LogP contribution in [0.25, 0.3) is 0 Å². The van der Waals surface area contributed by atoms with E-state index in [0.29, 0.717) is 43.6 Å². The second-order valence-electron chi connectivity index (χ2n) is 21.3. The normalized spacial score (nSPS) is 54.8. The van der Waals surface area contributed by atoms with E-state index >= 15 is 0 Å². The monoisotopic (exact) mass is 948 g/mol. The lowest BCUT2D eigenvalue weighted by molar-refractivity contribution is -0.373. The average Bonchev–Trinajstić information content (AvgIpc) is 3.77. The third-order valence-electron chi connectivity index (χ3n) is 18.2. The largest absolute Gasteiger partial charge is 0.394 e. The Morgan fingerprint density at radius 2 is 1.26 bits per heavy atom. The molecular weight excluding hydrogens is 872 g/mol. The van der Waals surface area contributed by atoms with Crippen LogP contribution in [0.2, 0.25) is 0 Å². The standard InChI is InChI=1S/C46H76O20/c1-19(18-60-41-38(57)35(54)32(51)27(15-47)62-41)8-11-46(59-5)20(2)31-26(66-46)13-25-23-7-6-21-12-22(9-10-44(21,3)24(23)14-30(50)45(25,31)4)61-43-40(37(56)34(53)29(17-49)64-43)65-42-39(58)36(55)33(52)28(16-48)63-42/h20-43,47-58H,1,6-18H2,2-5H3/t20-,21+,22-,23+,24-,25-,26-,27+,28+,29+,30+,31-,32+,33+,34-,35-,36-,37-,38+,39+,40+,41+,42-,43+,44-,45+,46+/m0/s1. The van der Waals surface area contributed by atoms with Crippen molar-refractivity contribution >= 4 is 0 Å². The van der Waals surface area contributed by atoms with Crippen LogP contribution in [0.1, 0.15) is 78.6 Å². The molecule has 0 aromatic rings. The van der Waals surface area contributed by atoms with Crippen LogP contribution >= 0.6 is 0 Å². The summed E-state index contributed by atoms with van der Waals surface area (Å²) in [7, 11) is 1.64. The van der Waals surface area contributed by atoms with Gasteiger partial charge in [-0.2, -0.15) is 0 Å². The number of hydrogen-bond acceptors (Lipinski definition) is 20. The number of methoxy groups -OCH3 is 1. The highest BCUT2D eigenvalue weighted by atomic mass is 16.8. The maximum Gasteiger partial charge on any atom is 0.187 e. The fourth-order valence-corrected chi connectivity index (χ4v) is 14.3. The van der Waals surface area contributed by atoms with Gasteiger partial charge in [0.05, 0.1) is 44.7 Å². The van der Waals surface area contributed by atoms with Gasteiger partial charge in [0.2, 0.25) is 0 Å². The Balaban J connectivity index is 0.897. The van der Waals surface area contributed by atoms with E-state index in [9.17, 15) is 61.3 Å². The molecule has 0 radical (unpaired) electrons. The Hall–Kier alpha value is -1.06. The molecule has 4 heterocycles. The van der Waals surface area contributed by atoms with Crippen LogP contribution in [0.15, 0.2) is 12.2 Å². The number of aliphatic hydroxyl groups excluding tert-OH is 12. The summed E-state index contributed by atoms with van der Waals surface area (Å²) in [5.41, 5.74) is 0.123. The van der Waals surface area contributed by atoms with Crippen LogP contribution in [-0.4, -0.2) is 211 Å². The first-order chi connectivity index (χ1) is 31.3. The predicted molar refractivity (Wildman–Crippen MR) is 225 cm³/mol.